The fourth-order valence-corrected chi connectivity index (χ4v) is 1.76. The molecule has 2 N–H and O–H groups in total. The van der Waals surface area contributed by atoms with Crippen molar-refractivity contribution in [3.63, 3.8) is 0 Å². The monoisotopic (exact) mass is 227 g/mol. The van der Waals surface area contributed by atoms with E-state index in [1.807, 2.05) is 24.3 Å². The van der Waals surface area contributed by atoms with Crippen LogP contribution in [0.2, 0.25) is 5.02 Å². The summed E-state index contributed by atoms with van der Waals surface area (Å²) >= 11 is 5.84. The van der Waals surface area contributed by atoms with E-state index in [1.165, 1.54) is 5.56 Å². The first-order valence-corrected chi connectivity index (χ1v) is 5.60. The first kappa shape index (κ1) is 12.5. The maximum absolute atomic E-state index is 5.84. The van der Waals surface area contributed by atoms with E-state index >= 15 is 0 Å². The van der Waals surface area contributed by atoms with Crippen LogP contribution in [-0.4, -0.2) is 20.3 Å². The number of methoxy groups -OCH3 is 1. The predicted octanol–water partition coefficient (Wildman–Crippen LogP) is 2.81. The fraction of sp³-hybridized carbons (Fsp3) is 0.500. The van der Waals surface area contributed by atoms with Crippen LogP contribution in [0.15, 0.2) is 24.3 Å². The fourth-order valence-electron chi connectivity index (χ4n) is 1.63. The van der Waals surface area contributed by atoms with Gasteiger partial charge in [-0.3, -0.25) is 0 Å². The van der Waals surface area contributed by atoms with Crippen molar-refractivity contribution in [2.75, 3.05) is 20.3 Å². The quantitative estimate of drug-likeness (QED) is 0.759. The van der Waals surface area contributed by atoms with Crippen LogP contribution in [0.3, 0.4) is 0 Å². The maximum Gasteiger partial charge on any atom is 0.0462 e. The Balaban J connectivity index is 2.53. The van der Waals surface area contributed by atoms with Crippen LogP contribution in [0, 0.1) is 0 Å². The Morgan fingerprint density at radius 1 is 1.33 bits per heavy atom. The molecule has 84 valence electrons. The third-order valence-corrected chi connectivity index (χ3v) is 2.78. The second-order valence-corrected chi connectivity index (χ2v) is 4.06. The highest BCUT2D eigenvalue weighted by molar-refractivity contribution is 6.30. The Bertz CT molecular complexity index is 273. The molecule has 0 bridgehead atoms. The molecule has 0 saturated heterocycles. The molecule has 0 aliphatic carbocycles. The summed E-state index contributed by atoms with van der Waals surface area (Å²) in [5.74, 6) is 0.414. The van der Waals surface area contributed by atoms with Gasteiger partial charge in [-0.15, -0.1) is 0 Å². The highest BCUT2D eigenvalue weighted by Gasteiger charge is 2.08. The van der Waals surface area contributed by atoms with Crippen molar-refractivity contribution in [3.8, 4) is 0 Å². The van der Waals surface area contributed by atoms with Gasteiger partial charge in [0, 0.05) is 18.7 Å². The number of benzene rings is 1. The lowest BCUT2D eigenvalue weighted by molar-refractivity contribution is 0.190. The van der Waals surface area contributed by atoms with Crippen molar-refractivity contribution in [1.82, 2.24) is 0 Å². The Kier molecular flexibility index (Phi) is 5.69. The second-order valence-electron chi connectivity index (χ2n) is 3.62. The van der Waals surface area contributed by atoms with Gasteiger partial charge in [0.25, 0.3) is 0 Å². The molecule has 3 heteroatoms. The highest BCUT2D eigenvalue weighted by atomic mass is 35.5. The Morgan fingerprint density at radius 3 is 2.53 bits per heavy atom. The number of hydrogen-bond donors (Lipinski definition) is 1. The summed E-state index contributed by atoms with van der Waals surface area (Å²) in [7, 11) is 1.72. The van der Waals surface area contributed by atoms with Crippen molar-refractivity contribution in [1.29, 1.82) is 0 Å². The standard InChI is InChI=1S/C12H18ClNO/c1-15-8-2-3-11(9-14)10-4-6-12(13)7-5-10/h4-7,11H,2-3,8-9,14H2,1H3. The molecule has 1 aromatic rings. The number of rotatable bonds is 6. The van der Waals surface area contributed by atoms with Crippen LogP contribution in [-0.2, 0) is 4.74 Å². The Morgan fingerprint density at radius 2 is 2.00 bits per heavy atom. The average Bonchev–Trinajstić information content (AvgIpc) is 2.26. The molecule has 1 atom stereocenters. The van der Waals surface area contributed by atoms with Gasteiger partial charge < -0.3 is 10.5 Å². The van der Waals surface area contributed by atoms with Crippen LogP contribution in [0.4, 0.5) is 0 Å². The normalized spacial score (nSPS) is 12.7. The van der Waals surface area contributed by atoms with Crippen molar-refractivity contribution in [3.05, 3.63) is 34.9 Å². The molecule has 0 spiro atoms. The average molecular weight is 228 g/mol. The van der Waals surface area contributed by atoms with Crippen molar-refractivity contribution in [2.45, 2.75) is 18.8 Å². The van der Waals surface area contributed by atoms with E-state index in [9.17, 15) is 0 Å². The minimum Gasteiger partial charge on any atom is -0.385 e. The van der Waals surface area contributed by atoms with Crippen LogP contribution >= 0.6 is 11.6 Å². The molecule has 1 rings (SSSR count). The lowest BCUT2D eigenvalue weighted by atomic mass is 9.94. The Hall–Kier alpha value is -0.570. The van der Waals surface area contributed by atoms with Gasteiger partial charge in [0.05, 0.1) is 0 Å². The molecule has 0 aromatic heterocycles. The highest BCUT2D eigenvalue weighted by Crippen LogP contribution is 2.21. The van der Waals surface area contributed by atoms with Crippen LogP contribution in [0.5, 0.6) is 0 Å². The summed E-state index contributed by atoms with van der Waals surface area (Å²) in [6.07, 6.45) is 2.10. The third kappa shape index (κ3) is 4.20. The summed E-state index contributed by atoms with van der Waals surface area (Å²) in [6.45, 7) is 1.47. The topological polar surface area (TPSA) is 35.2 Å². The van der Waals surface area contributed by atoms with Crippen LogP contribution < -0.4 is 5.73 Å². The molecular formula is C12H18ClNO. The van der Waals surface area contributed by atoms with Gasteiger partial charge >= 0.3 is 0 Å². The molecule has 2 nitrogen and oxygen atoms in total. The van der Waals surface area contributed by atoms with Crippen molar-refractivity contribution >= 4 is 11.6 Å². The lowest BCUT2D eigenvalue weighted by Crippen LogP contribution is -2.13. The lowest BCUT2D eigenvalue weighted by Gasteiger charge is -2.14. The molecule has 0 aliphatic heterocycles. The van der Waals surface area contributed by atoms with Gasteiger partial charge in [-0.2, -0.15) is 0 Å². The number of hydrogen-bond acceptors (Lipinski definition) is 2. The van der Waals surface area contributed by atoms with Gasteiger partial charge in [0.15, 0.2) is 0 Å². The molecule has 0 fully saturated rings. The summed E-state index contributed by atoms with van der Waals surface area (Å²) in [5.41, 5.74) is 7.01. The summed E-state index contributed by atoms with van der Waals surface area (Å²) in [5, 5.41) is 0.770. The molecule has 1 unspecified atom stereocenters. The summed E-state index contributed by atoms with van der Waals surface area (Å²) in [4.78, 5) is 0. The maximum atomic E-state index is 5.84. The SMILES string of the molecule is COCCCC(CN)c1ccc(Cl)cc1. The van der Waals surface area contributed by atoms with Gasteiger partial charge in [-0.05, 0) is 43.0 Å². The summed E-state index contributed by atoms with van der Waals surface area (Å²) < 4.78 is 5.03. The van der Waals surface area contributed by atoms with Gasteiger partial charge in [0.2, 0.25) is 0 Å². The zero-order chi connectivity index (χ0) is 11.1. The largest absolute Gasteiger partial charge is 0.385 e. The molecule has 0 aliphatic rings. The molecule has 0 amide bonds. The van der Waals surface area contributed by atoms with Crippen molar-refractivity contribution in [2.24, 2.45) is 5.73 Å². The van der Waals surface area contributed by atoms with E-state index in [4.69, 9.17) is 22.1 Å². The van der Waals surface area contributed by atoms with E-state index in [0.29, 0.717) is 12.5 Å². The van der Waals surface area contributed by atoms with Crippen LogP contribution in [0.1, 0.15) is 24.3 Å². The van der Waals surface area contributed by atoms with E-state index in [2.05, 4.69) is 0 Å². The van der Waals surface area contributed by atoms with Gasteiger partial charge in [-0.25, -0.2) is 0 Å². The molecule has 0 saturated carbocycles. The van der Waals surface area contributed by atoms with E-state index in [0.717, 1.165) is 24.5 Å². The van der Waals surface area contributed by atoms with E-state index in [-0.39, 0.29) is 0 Å². The number of nitrogens with two attached hydrogens (primary N) is 1. The first-order valence-electron chi connectivity index (χ1n) is 5.22. The number of halogens is 1. The minimum absolute atomic E-state index is 0.414. The number of ether oxygens (including phenoxy) is 1. The zero-order valence-corrected chi connectivity index (χ0v) is 9.83. The first-order chi connectivity index (χ1) is 7.27. The molecule has 0 heterocycles. The van der Waals surface area contributed by atoms with Crippen LogP contribution in [0.25, 0.3) is 0 Å². The van der Waals surface area contributed by atoms with E-state index < -0.39 is 0 Å². The van der Waals surface area contributed by atoms with Gasteiger partial charge in [-0.1, -0.05) is 23.7 Å². The molecule has 1 aromatic carbocycles. The zero-order valence-electron chi connectivity index (χ0n) is 9.08. The molecule has 15 heavy (non-hydrogen) atoms. The second kappa shape index (κ2) is 6.83. The van der Waals surface area contributed by atoms with Gasteiger partial charge in [0.1, 0.15) is 0 Å². The molecular weight excluding hydrogens is 210 g/mol. The third-order valence-electron chi connectivity index (χ3n) is 2.53. The van der Waals surface area contributed by atoms with Crippen molar-refractivity contribution < 1.29 is 4.74 Å². The smallest absolute Gasteiger partial charge is 0.0462 e. The predicted molar refractivity (Wildman–Crippen MR) is 64.4 cm³/mol. The van der Waals surface area contributed by atoms with E-state index in [1.54, 1.807) is 7.11 Å². The minimum atomic E-state index is 0.414. The molecule has 0 radical (unpaired) electrons. The Labute approximate surface area is 96.4 Å². The summed E-state index contributed by atoms with van der Waals surface area (Å²) in [6, 6.07) is 7.92.